The van der Waals surface area contributed by atoms with Gasteiger partial charge in [0, 0.05) is 17.9 Å². The molecule has 0 heterocycles. The number of alkyl halides is 1. The molecule has 0 radical (unpaired) electrons. The Morgan fingerprint density at radius 3 is 2.70 bits per heavy atom. The Labute approximate surface area is 130 Å². The van der Waals surface area contributed by atoms with E-state index < -0.39 is 0 Å². The first-order valence-electron chi connectivity index (χ1n) is 7.45. The van der Waals surface area contributed by atoms with Gasteiger partial charge in [-0.3, -0.25) is 4.79 Å². The maximum absolute atomic E-state index is 12.5. The van der Waals surface area contributed by atoms with E-state index in [1.165, 1.54) is 30.4 Å². The van der Waals surface area contributed by atoms with Crippen LogP contribution in [0.2, 0.25) is 0 Å². The van der Waals surface area contributed by atoms with Crippen LogP contribution >= 0.6 is 15.9 Å². The van der Waals surface area contributed by atoms with Gasteiger partial charge in [0.2, 0.25) is 5.91 Å². The number of hydrogen-bond acceptors (Lipinski definition) is 1. The fraction of sp³-hybridized carbons (Fsp3) is 0.588. The van der Waals surface area contributed by atoms with E-state index in [2.05, 4.69) is 48.0 Å². The molecule has 2 atom stereocenters. The van der Waals surface area contributed by atoms with Crippen LogP contribution in [0.3, 0.4) is 0 Å². The normalized spacial score (nSPS) is 22.6. The monoisotopic (exact) mass is 337 g/mol. The van der Waals surface area contributed by atoms with E-state index >= 15 is 0 Å². The lowest BCUT2D eigenvalue weighted by Crippen LogP contribution is -2.44. The first-order chi connectivity index (χ1) is 9.49. The van der Waals surface area contributed by atoms with Crippen molar-refractivity contribution in [3.8, 4) is 0 Å². The van der Waals surface area contributed by atoms with Crippen molar-refractivity contribution >= 4 is 21.8 Å². The smallest absolute Gasteiger partial charge is 0.227 e. The van der Waals surface area contributed by atoms with Gasteiger partial charge in [-0.25, -0.2) is 0 Å². The van der Waals surface area contributed by atoms with Gasteiger partial charge in [-0.1, -0.05) is 52.5 Å². The molecule has 2 rings (SSSR count). The van der Waals surface area contributed by atoms with Gasteiger partial charge in [-0.15, -0.1) is 0 Å². The van der Waals surface area contributed by atoms with E-state index in [1.54, 1.807) is 0 Å². The SMILES string of the molecule is Cc1ccc(C)c(CC(=O)N(C)C2CCCCC2Br)c1. The molecule has 2 unspecified atom stereocenters. The van der Waals surface area contributed by atoms with Gasteiger partial charge in [0.15, 0.2) is 0 Å². The summed E-state index contributed by atoms with van der Waals surface area (Å²) in [5, 5.41) is 0. The molecule has 0 spiro atoms. The zero-order valence-corrected chi connectivity index (χ0v) is 14.2. The summed E-state index contributed by atoms with van der Waals surface area (Å²) < 4.78 is 0. The summed E-state index contributed by atoms with van der Waals surface area (Å²) in [6.45, 7) is 4.16. The molecule has 20 heavy (non-hydrogen) atoms. The lowest BCUT2D eigenvalue weighted by Gasteiger charge is -2.35. The number of aryl methyl sites for hydroxylation is 2. The number of nitrogens with zero attached hydrogens (tertiary/aromatic N) is 1. The van der Waals surface area contributed by atoms with E-state index in [0.717, 1.165) is 12.0 Å². The minimum atomic E-state index is 0.232. The summed E-state index contributed by atoms with van der Waals surface area (Å²) in [7, 11) is 1.96. The Morgan fingerprint density at radius 1 is 1.30 bits per heavy atom. The van der Waals surface area contributed by atoms with Crippen molar-refractivity contribution in [3.05, 3.63) is 34.9 Å². The Kier molecular flexibility index (Phi) is 5.25. The first kappa shape index (κ1) is 15.6. The third kappa shape index (κ3) is 3.63. The molecule has 0 aromatic heterocycles. The van der Waals surface area contributed by atoms with E-state index in [9.17, 15) is 4.79 Å². The van der Waals surface area contributed by atoms with Crippen LogP contribution in [0.1, 0.15) is 42.4 Å². The van der Waals surface area contributed by atoms with E-state index in [-0.39, 0.29) is 5.91 Å². The predicted molar refractivity (Wildman–Crippen MR) is 87.4 cm³/mol. The number of hydrogen-bond donors (Lipinski definition) is 0. The van der Waals surface area contributed by atoms with E-state index in [4.69, 9.17) is 0 Å². The fourth-order valence-corrected chi connectivity index (χ4v) is 3.91. The van der Waals surface area contributed by atoms with Crippen LogP contribution in [0.4, 0.5) is 0 Å². The Hall–Kier alpha value is -0.830. The summed E-state index contributed by atoms with van der Waals surface area (Å²) in [6.07, 6.45) is 5.30. The van der Waals surface area contributed by atoms with Gasteiger partial charge in [0.25, 0.3) is 0 Å². The standard InChI is InChI=1S/C17H24BrNO/c1-12-8-9-13(2)14(10-12)11-17(20)19(3)16-7-5-4-6-15(16)18/h8-10,15-16H,4-7,11H2,1-3H3. The van der Waals surface area contributed by atoms with Crippen molar-refractivity contribution in [1.29, 1.82) is 0 Å². The molecule has 2 nitrogen and oxygen atoms in total. The molecule has 0 N–H and O–H groups in total. The van der Waals surface area contributed by atoms with Crippen LogP contribution in [-0.2, 0) is 11.2 Å². The molecule has 1 aromatic rings. The highest BCUT2D eigenvalue weighted by molar-refractivity contribution is 9.09. The minimum absolute atomic E-state index is 0.232. The average Bonchev–Trinajstić information content (AvgIpc) is 2.42. The number of benzene rings is 1. The molecule has 1 saturated carbocycles. The molecule has 0 aliphatic heterocycles. The van der Waals surface area contributed by atoms with E-state index in [0.29, 0.717) is 17.3 Å². The van der Waals surface area contributed by atoms with Gasteiger partial charge in [-0.2, -0.15) is 0 Å². The van der Waals surface area contributed by atoms with Gasteiger partial charge in [0.1, 0.15) is 0 Å². The molecular formula is C17H24BrNO. The third-order valence-electron chi connectivity index (χ3n) is 4.38. The third-order valence-corrected chi connectivity index (χ3v) is 5.45. The zero-order chi connectivity index (χ0) is 14.7. The summed E-state index contributed by atoms with van der Waals surface area (Å²) in [6, 6.07) is 6.68. The largest absolute Gasteiger partial charge is 0.341 e. The Bertz CT molecular complexity index is 486. The molecule has 3 heteroatoms. The zero-order valence-electron chi connectivity index (χ0n) is 12.7. The van der Waals surface area contributed by atoms with Gasteiger partial charge in [0.05, 0.1) is 6.42 Å². The summed E-state index contributed by atoms with van der Waals surface area (Å²) in [4.78, 5) is 14.9. The van der Waals surface area contributed by atoms with Gasteiger partial charge >= 0.3 is 0 Å². The van der Waals surface area contributed by atoms with Crippen molar-refractivity contribution in [3.63, 3.8) is 0 Å². The fourth-order valence-electron chi connectivity index (χ4n) is 2.97. The van der Waals surface area contributed by atoms with E-state index in [1.807, 2.05) is 11.9 Å². The molecule has 1 aliphatic rings. The molecule has 1 aromatic carbocycles. The lowest BCUT2D eigenvalue weighted by atomic mass is 9.93. The van der Waals surface area contributed by atoms with Gasteiger partial charge in [-0.05, 0) is 37.8 Å². The minimum Gasteiger partial charge on any atom is -0.341 e. The molecule has 1 fully saturated rings. The number of carbonyl (C=O) groups is 1. The number of likely N-dealkylation sites (N-methyl/N-ethyl adjacent to an activating group) is 1. The van der Waals surface area contributed by atoms with Crippen LogP contribution in [-0.4, -0.2) is 28.7 Å². The quantitative estimate of drug-likeness (QED) is 0.763. The Balaban J connectivity index is 2.05. The molecule has 110 valence electrons. The van der Waals surface area contributed by atoms with Crippen molar-refractivity contribution in [2.75, 3.05) is 7.05 Å². The summed E-state index contributed by atoms with van der Waals surface area (Å²) in [5.74, 6) is 0.232. The number of amides is 1. The van der Waals surface area contributed by atoms with Crippen LogP contribution in [0.25, 0.3) is 0 Å². The average molecular weight is 338 g/mol. The molecule has 0 saturated heterocycles. The number of halogens is 1. The van der Waals surface area contributed by atoms with Crippen molar-refractivity contribution in [2.24, 2.45) is 0 Å². The molecular weight excluding hydrogens is 314 g/mol. The van der Waals surface area contributed by atoms with Gasteiger partial charge < -0.3 is 4.90 Å². The van der Waals surface area contributed by atoms with Crippen molar-refractivity contribution < 1.29 is 4.79 Å². The number of carbonyl (C=O) groups excluding carboxylic acids is 1. The lowest BCUT2D eigenvalue weighted by molar-refractivity contribution is -0.131. The Morgan fingerprint density at radius 2 is 2.00 bits per heavy atom. The van der Waals surface area contributed by atoms with Crippen LogP contribution in [0, 0.1) is 13.8 Å². The maximum Gasteiger partial charge on any atom is 0.227 e. The first-order valence-corrected chi connectivity index (χ1v) is 8.36. The van der Waals surface area contributed by atoms with Crippen LogP contribution < -0.4 is 0 Å². The second-order valence-corrected chi connectivity index (χ2v) is 7.16. The summed E-state index contributed by atoms with van der Waals surface area (Å²) >= 11 is 3.74. The summed E-state index contributed by atoms with van der Waals surface area (Å²) in [5.41, 5.74) is 3.58. The van der Waals surface area contributed by atoms with Crippen LogP contribution in [0.15, 0.2) is 18.2 Å². The number of rotatable bonds is 3. The predicted octanol–water partition coefficient (Wildman–Crippen LogP) is 4.01. The second kappa shape index (κ2) is 6.75. The molecule has 0 bridgehead atoms. The maximum atomic E-state index is 12.5. The molecule has 1 aliphatic carbocycles. The van der Waals surface area contributed by atoms with Crippen molar-refractivity contribution in [1.82, 2.24) is 4.90 Å². The molecule has 1 amide bonds. The topological polar surface area (TPSA) is 20.3 Å². The van der Waals surface area contributed by atoms with Crippen molar-refractivity contribution in [2.45, 2.75) is 56.8 Å². The van der Waals surface area contributed by atoms with Crippen LogP contribution in [0.5, 0.6) is 0 Å². The highest BCUT2D eigenvalue weighted by atomic mass is 79.9. The highest BCUT2D eigenvalue weighted by Crippen LogP contribution is 2.28. The second-order valence-electron chi connectivity index (χ2n) is 5.98. The highest BCUT2D eigenvalue weighted by Gasteiger charge is 2.29.